The topological polar surface area (TPSA) is 76.9 Å². The molecule has 0 aliphatic carbocycles. The molecular formula is C23H14Cl2N4O2S2. The minimum atomic E-state index is -0.252. The highest BCUT2D eigenvalue weighted by atomic mass is 35.5. The average Bonchev–Trinajstić information content (AvgIpc) is 3.28. The summed E-state index contributed by atoms with van der Waals surface area (Å²) >= 11 is 14.9. The van der Waals surface area contributed by atoms with Gasteiger partial charge in [-0.15, -0.1) is 11.3 Å². The van der Waals surface area contributed by atoms with Crippen LogP contribution in [0.2, 0.25) is 10.0 Å². The van der Waals surface area contributed by atoms with Gasteiger partial charge in [-0.2, -0.15) is 0 Å². The van der Waals surface area contributed by atoms with E-state index in [0.29, 0.717) is 37.5 Å². The van der Waals surface area contributed by atoms with Crippen LogP contribution in [0.15, 0.2) is 76.1 Å². The lowest BCUT2D eigenvalue weighted by Gasteiger charge is -2.14. The lowest BCUT2D eigenvalue weighted by Crippen LogP contribution is -2.23. The van der Waals surface area contributed by atoms with E-state index in [1.54, 1.807) is 41.9 Å². The number of hydrogen-bond donors (Lipinski definition) is 1. The number of carbonyl (C=O) groups excluding carboxylic acids is 1. The molecule has 0 unspecified atom stereocenters. The number of benzene rings is 3. The number of fused-ring (bicyclic) bond motifs is 2. The van der Waals surface area contributed by atoms with E-state index in [9.17, 15) is 9.59 Å². The molecule has 164 valence electrons. The van der Waals surface area contributed by atoms with Gasteiger partial charge >= 0.3 is 0 Å². The van der Waals surface area contributed by atoms with E-state index in [0.717, 1.165) is 10.2 Å². The van der Waals surface area contributed by atoms with Crippen molar-refractivity contribution in [3.63, 3.8) is 0 Å². The number of para-hydroxylation sites is 1. The van der Waals surface area contributed by atoms with Gasteiger partial charge in [-0.05, 0) is 48.5 Å². The zero-order valence-electron chi connectivity index (χ0n) is 16.8. The maximum atomic E-state index is 13.3. The van der Waals surface area contributed by atoms with E-state index in [1.165, 1.54) is 27.7 Å². The molecule has 5 rings (SSSR count). The van der Waals surface area contributed by atoms with E-state index < -0.39 is 0 Å². The molecule has 0 saturated heterocycles. The Bertz CT molecular complexity index is 1580. The van der Waals surface area contributed by atoms with Crippen molar-refractivity contribution in [1.29, 1.82) is 0 Å². The second-order valence-electron chi connectivity index (χ2n) is 7.02. The molecule has 0 radical (unpaired) electrons. The molecule has 0 aliphatic heterocycles. The number of aromatic nitrogens is 3. The minimum Gasteiger partial charge on any atom is -0.325 e. The van der Waals surface area contributed by atoms with Crippen LogP contribution in [-0.4, -0.2) is 26.2 Å². The molecule has 0 aliphatic rings. The summed E-state index contributed by atoms with van der Waals surface area (Å²) in [6, 6.07) is 17.6. The molecule has 10 heteroatoms. The quantitative estimate of drug-likeness (QED) is 0.229. The van der Waals surface area contributed by atoms with Crippen LogP contribution in [0.3, 0.4) is 0 Å². The molecule has 3 aromatic carbocycles. The Hall–Kier alpha value is -2.91. The third-order valence-corrected chi connectivity index (χ3v) is 7.32. The van der Waals surface area contributed by atoms with Crippen LogP contribution >= 0.6 is 46.3 Å². The molecular weight excluding hydrogens is 499 g/mol. The third kappa shape index (κ3) is 4.47. The zero-order valence-corrected chi connectivity index (χ0v) is 19.9. The standard InChI is InChI=1S/C23H14Cl2N4O2S2/c24-16-7-6-14(10-17(16)25)29-22(31)15-3-1-2-4-18(15)28-23(29)32-11-21(30)27-13-5-8-19-20(9-13)33-12-26-19/h1-10,12H,11H2,(H,27,30). The van der Waals surface area contributed by atoms with Gasteiger partial charge in [0.2, 0.25) is 5.91 Å². The largest absolute Gasteiger partial charge is 0.325 e. The highest BCUT2D eigenvalue weighted by Crippen LogP contribution is 2.27. The number of anilines is 1. The molecule has 2 aromatic heterocycles. The van der Waals surface area contributed by atoms with Gasteiger partial charge in [0.05, 0.1) is 48.1 Å². The van der Waals surface area contributed by atoms with Crippen molar-refractivity contribution in [2.24, 2.45) is 0 Å². The molecule has 0 bridgehead atoms. The number of amides is 1. The molecule has 6 nitrogen and oxygen atoms in total. The summed E-state index contributed by atoms with van der Waals surface area (Å²) < 4.78 is 2.44. The second-order valence-corrected chi connectivity index (χ2v) is 9.67. The fraction of sp³-hybridized carbons (Fsp3) is 0.0435. The normalized spacial score (nSPS) is 11.2. The van der Waals surface area contributed by atoms with Crippen molar-refractivity contribution in [3.8, 4) is 5.69 Å². The Morgan fingerprint density at radius 1 is 1.03 bits per heavy atom. The minimum absolute atomic E-state index is 0.0623. The number of halogens is 2. The lowest BCUT2D eigenvalue weighted by atomic mass is 10.2. The smallest absolute Gasteiger partial charge is 0.266 e. The van der Waals surface area contributed by atoms with E-state index in [4.69, 9.17) is 23.2 Å². The molecule has 5 aromatic rings. The fourth-order valence-corrected chi connectivity index (χ4v) is 5.14. The molecule has 0 spiro atoms. The summed E-state index contributed by atoms with van der Waals surface area (Å²) in [6.45, 7) is 0. The van der Waals surface area contributed by atoms with E-state index >= 15 is 0 Å². The predicted octanol–water partition coefficient (Wildman–Crippen LogP) is 6.03. The highest BCUT2D eigenvalue weighted by molar-refractivity contribution is 7.99. The van der Waals surface area contributed by atoms with Crippen molar-refractivity contribution < 1.29 is 4.79 Å². The summed E-state index contributed by atoms with van der Waals surface area (Å²) in [7, 11) is 0. The monoisotopic (exact) mass is 512 g/mol. The van der Waals surface area contributed by atoms with Gasteiger partial charge < -0.3 is 5.32 Å². The predicted molar refractivity (Wildman–Crippen MR) is 136 cm³/mol. The van der Waals surface area contributed by atoms with Crippen LogP contribution in [0.25, 0.3) is 26.8 Å². The molecule has 33 heavy (non-hydrogen) atoms. The number of carbonyl (C=O) groups is 1. The first-order chi connectivity index (χ1) is 16.0. The number of hydrogen-bond acceptors (Lipinski definition) is 6. The number of thioether (sulfide) groups is 1. The van der Waals surface area contributed by atoms with Crippen LogP contribution in [-0.2, 0) is 4.79 Å². The average molecular weight is 513 g/mol. The van der Waals surface area contributed by atoms with Gasteiger partial charge in [0.1, 0.15) is 0 Å². The Morgan fingerprint density at radius 2 is 1.88 bits per heavy atom. The molecule has 0 fully saturated rings. The van der Waals surface area contributed by atoms with Gasteiger partial charge in [0.15, 0.2) is 5.16 Å². The Labute approximate surface area is 206 Å². The molecule has 1 amide bonds. The van der Waals surface area contributed by atoms with Crippen LogP contribution < -0.4 is 10.9 Å². The van der Waals surface area contributed by atoms with E-state index in [2.05, 4.69) is 15.3 Å². The van der Waals surface area contributed by atoms with Crippen molar-refractivity contribution in [2.45, 2.75) is 5.16 Å². The van der Waals surface area contributed by atoms with Crippen molar-refractivity contribution in [1.82, 2.24) is 14.5 Å². The SMILES string of the molecule is O=C(CSc1nc2ccccc2c(=O)n1-c1ccc(Cl)c(Cl)c1)Nc1ccc2ncsc2c1. The molecule has 0 saturated carbocycles. The lowest BCUT2D eigenvalue weighted by molar-refractivity contribution is -0.113. The highest BCUT2D eigenvalue weighted by Gasteiger charge is 2.16. The number of thiazole rings is 1. The van der Waals surface area contributed by atoms with Crippen molar-refractivity contribution >= 4 is 79.0 Å². The van der Waals surface area contributed by atoms with Crippen LogP contribution in [0.1, 0.15) is 0 Å². The first-order valence-corrected chi connectivity index (χ1v) is 12.3. The summed E-state index contributed by atoms with van der Waals surface area (Å²) in [5.41, 5.74) is 4.16. The van der Waals surface area contributed by atoms with Crippen LogP contribution in [0.5, 0.6) is 0 Å². The number of nitrogens with zero attached hydrogens (tertiary/aromatic N) is 3. The van der Waals surface area contributed by atoms with E-state index in [-0.39, 0.29) is 17.2 Å². The molecule has 2 heterocycles. The van der Waals surface area contributed by atoms with Gasteiger partial charge in [-0.25, -0.2) is 9.97 Å². The van der Waals surface area contributed by atoms with Crippen LogP contribution in [0, 0.1) is 0 Å². The van der Waals surface area contributed by atoms with E-state index in [1.807, 2.05) is 24.3 Å². The summed E-state index contributed by atoms with van der Waals surface area (Å²) in [6.07, 6.45) is 0. The maximum Gasteiger partial charge on any atom is 0.266 e. The van der Waals surface area contributed by atoms with Gasteiger partial charge in [0, 0.05) is 5.69 Å². The zero-order chi connectivity index (χ0) is 22.9. The first kappa shape index (κ1) is 21.9. The summed E-state index contributed by atoms with van der Waals surface area (Å²) in [5, 5.41) is 4.44. The van der Waals surface area contributed by atoms with Crippen molar-refractivity contribution in [3.05, 3.63) is 86.6 Å². The van der Waals surface area contributed by atoms with Gasteiger partial charge in [0.25, 0.3) is 5.56 Å². The molecule has 0 atom stereocenters. The van der Waals surface area contributed by atoms with Gasteiger partial charge in [-0.3, -0.25) is 14.2 Å². The maximum absolute atomic E-state index is 13.3. The Balaban J connectivity index is 1.46. The summed E-state index contributed by atoms with van der Waals surface area (Å²) in [5.74, 6) is -0.153. The van der Waals surface area contributed by atoms with Gasteiger partial charge in [-0.1, -0.05) is 47.1 Å². The summed E-state index contributed by atoms with van der Waals surface area (Å²) in [4.78, 5) is 34.8. The first-order valence-electron chi connectivity index (χ1n) is 9.73. The second kappa shape index (κ2) is 9.15. The Morgan fingerprint density at radius 3 is 2.73 bits per heavy atom. The van der Waals surface area contributed by atoms with Crippen LogP contribution in [0.4, 0.5) is 5.69 Å². The number of nitrogens with one attached hydrogen (secondary N) is 1. The fourth-order valence-electron chi connectivity index (χ4n) is 3.32. The third-order valence-electron chi connectivity index (χ3n) is 4.85. The number of rotatable bonds is 5. The molecule has 1 N–H and O–H groups in total. The Kier molecular flexibility index (Phi) is 6.07. The van der Waals surface area contributed by atoms with Crippen molar-refractivity contribution in [2.75, 3.05) is 11.1 Å².